The molecule has 0 atom stereocenters. The van der Waals surface area contributed by atoms with Gasteiger partial charge in [-0.2, -0.15) is 0 Å². The lowest BCUT2D eigenvalue weighted by molar-refractivity contribution is -0.116. The van der Waals surface area contributed by atoms with Crippen LogP contribution in [-0.4, -0.2) is 26.2 Å². The van der Waals surface area contributed by atoms with Gasteiger partial charge in [0.15, 0.2) is 11.5 Å². The van der Waals surface area contributed by atoms with E-state index < -0.39 is 0 Å². The molecule has 1 rings (SSSR count). The minimum Gasteiger partial charge on any atom is -0.493 e. The lowest BCUT2D eigenvalue weighted by Crippen LogP contribution is -2.21. The monoisotopic (exact) mass is 325 g/mol. The van der Waals surface area contributed by atoms with Gasteiger partial charge >= 0.3 is 0 Å². The van der Waals surface area contributed by atoms with E-state index in [1.54, 1.807) is 25.3 Å². The van der Waals surface area contributed by atoms with Gasteiger partial charge in [-0.15, -0.1) is 0 Å². The summed E-state index contributed by atoms with van der Waals surface area (Å²) in [6, 6.07) is 3.55. The second-order valence-electron chi connectivity index (χ2n) is 4.86. The van der Waals surface area contributed by atoms with Gasteiger partial charge in [0.1, 0.15) is 0 Å². The van der Waals surface area contributed by atoms with Crippen molar-refractivity contribution < 1.29 is 14.3 Å². The Balaban J connectivity index is 2.79. The SMILES string of the molecule is CCCCNC(=O)/C=C/c1cc(Cl)c(OCCC)c(OC)c1. The zero-order valence-corrected chi connectivity index (χ0v) is 14.2. The number of carbonyl (C=O) groups excluding carboxylic acids is 1. The van der Waals surface area contributed by atoms with Crippen LogP contribution in [0, 0.1) is 0 Å². The molecule has 0 bridgehead atoms. The van der Waals surface area contributed by atoms with Gasteiger partial charge in [-0.3, -0.25) is 4.79 Å². The van der Waals surface area contributed by atoms with E-state index >= 15 is 0 Å². The summed E-state index contributed by atoms with van der Waals surface area (Å²) >= 11 is 6.23. The molecule has 0 heterocycles. The number of methoxy groups -OCH3 is 1. The van der Waals surface area contributed by atoms with E-state index in [1.807, 2.05) is 6.92 Å². The summed E-state index contributed by atoms with van der Waals surface area (Å²) in [6.45, 7) is 5.37. The number of benzene rings is 1. The number of amides is 1. The molecule has 0 fully saturated rings. The van der Waals surface area contributed by atoms with Gasteiger partial charge in [-0.05, 0) is 36.6 Å². The molecule has 0 saturated heterocycles. The maximum atomic E-state index is 11.7. The molecule has 0 unspecified atom stereocenters. The van der Waals surface area contributed by atoms with Crippen LogP contribution >= 0.6 is 11.6 Å². The number of hydrogen-bond acceptors (Lipinski definition) is 3. The molecule has 22 heavy (non-hydrogen) atoms. The highest BCUT2D eigenvalue weighted by Crippen LogP contribution is 2.36. The van der Waals surface area contributed by atoms with Crippen molar-refractivity contribution in [1.82, 2.24) is 5.32 Å². The van der Waals surface area contributed by atoms with E-state index in [-0.39, 0.29) is 5.91 Å². The Kier molecular flexibility index (Phi) is 8.44. The smallest absolute Gasteiger partial charge is 0.243 e. The van der Waals surface area contributed by atoms with Crippen LogP contribution in [0.3, 0.4) is 0 Å². The number of hydrogen-bond donors (Lipinski definition) is 1. The van der Waals surface area contributed by atoms with Gasteiger partial charge < -0.3 is 14.8 Å². The van der Waals surface area contributed by atoms with Crippen molar-refractivity contribution in [3.05, 3.63) is 28.8 Å². The minimum absolute atomic E-state index is 0.116. The van der Waals surface area contributed by atoms with Crippen molar-refractivity contribution in [3.8, 4) is 11.5 Å². The number of nitrogens with one attached hydrogen (secondary N) is 1. The molecule has 1 aromatic carbocycles. The predicted octanol–water partition coefficient (Wildman–Crippen LogP) is 4.07. The van der Waals surface area contributed by atoms with E-state index in [1.165, 1.54) is 6.08 Å². The van der Waals surface area contributed by atoms with Gasteiger partial charge in [-0.25, -0.2) is 0 Å². The molecule has 0 radical (unpaired) electrons. The maximum Gasteiger partial charge on any atom is 0.243 e. The normalized spacial score (nSPS) is 10.7. The zero-order chi connectivity index (χ0) is 16.4. The third-order valence-corrected chi connectivity index (χ3v) is 3.24. The number of unbranched alkanes of at least 4 members (excludes halogenated alkanes) is 1. The largest absolute Gasteiger partial charge is 0.493 e. The summed E-state index contributed by atoms with van der Waals surface area (Å²) in [6.07, 6.45) is 6.12. The van der Waals surface area contributed by atoms with Crippen LogP contribution in [0.1, 0.15) is 38.7 Å². The van der Waals surface area contributed by atoms with Crippen molar-refractivity contribution in [3.63, 3.8) is 0 Å². The molecule has 0 aromatic heterocycles. The first-order chi connectivity index (χ1) is 10.6. The van der Waals surface area contributed by atoms with Crippen LogP contribution in [0.5, 0.6) is 11.5 Å². The molecular formula is C17H24ClNO3. The Labute approximate surface area is 137 Å². The van der Waals surface area contributed by atoms with Gasteiger partial charge in [-0.1, -0.05) is 31.9 Å². The van der Waals surface area contributed by atoms with Crippen LogP contribution in [-0.2, 0) is 4.79 Å². The summed E-state index contributed by atoms with van der Waals surface area (Å²) in [5.74, 6) is 0.984. The molecule has 5 heteroatoms. The highest BCUT2D eigenvalue weighted by atomic mass is 35.5. The molecule has 0 aliphatic heterocycles. The lowest BCUT2D eigenvalue weighted by atomic mass is 10.2. The van der Waals surface area contributed by atoms with E-state index in [0.717, 1.165) is 24.8 Å². The fourth-order valence-electron chi connectivity index (χ4n) is 1.80. The Morgan fingerprint density at radius 1 is 1.32 bits per heavy atom. The third-order valence-electron chi connectivity index (χ3n) is 2.96. The van der Waals surface area contributed by atoms with E-state index in [0.29, 0.717) is 29.7 Å². The number of halogens is 1. The van der Waals surface area contributed by atoms with E-state index in [4.69, 9.17) is 21.1 Å². The highest BCUT2D eigenvalue weighted by Gasteiger charge is 2.11. The van der Waals surface area contributed by atoms with Crippen LogP contribution in [0.2, 0.25) is 5.02 Å². The molecule has 1 N–H and O–H groups in total. The molecule has 0 aliphatic carbocycles. The topological polar surface area (TPSA) is 47.6 Å². The number of carbonyl (C=O) groups is 1. The summed E-state index contributed by atoms with van der Waals surface area (Å²) < 4.78 is 10.9. The molecule has 1 aromatic rings. The Morgan fingerprint density at radius 2 is 2.09 bits per heavy atom. The standard InChI is InChI=1S/C17H24ClNO3/c1-4-6-9-19-16(20)8-7-13-11-14(18)17(22-10-5-2)15(12-13)21-3/h7-8,11-12H,4-6,9-10H2,1-3H3,(H,19,20)/b8-7+. The van der Waals surface area contributed by atoms with Crippen molar-refractivity contribution in [2.45, 2.75) is 33.1 Å². The molecule has 4 nitrogen and oxygen atoms in total. The molecule has 122 valence electrons. The first-order valence-electron chi connectivity index (χ1n) is 7.58. The van der Waals surface area contributed by atoms with Crippen LogP contribution in [0.15, 0.2) is 18.2 Å². The van der Waals surface area contributed by atoms with Gasteiger partial charge in [0, 0.05) is 12.6 Å². The lowest BCUT2D eigenvalue weighted by Gasteiger charge is -2.12. The van der Waals surface area contributed by atoms with Crippen LogP contribution in [0.25, 0.3) is 6.08 Å². The minimum atomic E-state index is -0.116. The number of ether oxygens (including phenoxy) is 2. The summed E-state index contributed by atoms with van der Waals surface area (Å²) in [5, 5.41) is 3.29. The fourth-order valence-corrected chi connectivity index (χ4v) is 2.07. The molecule has 0 saturated carbocycles. The second kappa shape index (κ2) is 10.1. The second-order valence-corrected chi connectivity index (χ2v) is 5.27. The van der Waals surface area contributed by atoms with Crippen molar-refractivity contribution >= 4 is 23.6 Å². The first kappa shape index (κ1) is 18.4. The maximum absolute atomic E-state index is 11.7. The highest BCUT2D eigenvalue weighted by molar-refractivity contribution is 6.32. The summed E-state index contributed by atoms with van der Waals surface area (Å²) in [4.78, 5) is 11.7. The fraction of sp³-hybridized carbons (Fsp3) is 0.471. The molecule has 1 amide bonds. The van der Waals surface area contributed by atoms with Gasteiger partial charge in [0.05, 0.1) is 18.7 Å². The quantitative estimate of drug-likeness (QED) is 0.550. The van der Waals surface area contributed by atoms with Crippen molar-refractivity contribution in [2.75, 3.05) is 20.3 Å². The average molecular weight is 326 g/mol. The Hall–Kier alpha value is -1.68. The summed E-state index contributed by atoms with van der Waals surface area (Å²) in [5.41, 5.74) is 0.788. The van der Waals surface area contributed by atoms with Crippen molar-refractivity contribution in [1.29, 1.82) is 0 Å². The van der Waals surface area contributed by atoms with Crippen LogP contribution < -0.4 is 14.8 Å². The van der Waals surface area contributed by atoms with Crippen molar-refractivity contribution in [2.24, 2.45) is 0 Å². The van der Waals surface area contributed by atoms with Gasteiger partial charge in [0.2, 0.25) is 5.91 Å². The zero-order valence-electron chi connectivity index (χ0n) is 13.4. The molecular weight excluding hydrogens is 302 g/mol. The average Bonchev–Trinajstić information content (AvgIpc) is 2.51. The van der Waals surface area contributed by atoms with Crippen LogP contribution in [0.4, 0.5) is 0 Å². The molecule has 0 spiro atoms. The van der Waals surface area contributed by atoms with E-state index in [2.05, 4.69) is 12.2 Å². The predicted molar refractivity (Wildman–Crippen MR) is 90.7 cm³/mol. The summed E-state index contributed by atoms with van der Waals surface area (Å²) in [7, 11) is 1.56. The first-order valence-corrected chi connectivity index (χ1v) is 7.96. The number of rotatable bonds is 9. The Morgan fingerprint density at radius 3 is 2.73 bits per heavy atom. The van der Waals surface area contributed by atoms with Gasteiger partial charge in [0.25, 0.3) is 0 Å². The third kappa shape index (κ3) is 5.98. The van der Waals surface area contributed by atoms with E-state index in [9.17, 15) is 4.79 Å². The molecule has 0 aliphatic rings. The Bertz CT molecular complexity index is 515.